The predicted octanol–water partition coefficient (Wildman–Crippen LogP) is 23.0. The summed E-state index contributed by atoms with van der Waals surface area (Å²) in [6, 6.07) is 53.5. The zero-order valence-electron chi connectivity index (χ0n) is 51.9. The van der Waals surface area contributed by atoms with Crippen molar-refractivity contribution in [1.29, 1.82) is 0 Å². The Morgan fingerprint density at radius 2 is 0.494 bits per heavy atom. The molecule has 10 aromatic rings. The largest absolute Gasteiger partial charge is 0.0537 e. The minimum atomic E-state index is -0.166. The van der Waals surface area contributed by atoms with E-state index in [1.165, 1.54) is 263 Å². The molecule has 0 spiro atoms. The van der Waals surface area contributed by atoms with Gasteiger partial charge in [0.15, 0.2) is 0 Å². The van der Waals surface area contributed by atoms with Crippen LogP contribution in [0.1, 0.15) is 201 Å². The summed E-state index contributed by atoms with van der Waals surface area (Å²) in [5, 5.41) is 18.1. The van der Waals surface area contributed by atoms with Crippen molar-refractivity contribution in [1.82, 2.24) is 0 Å². The molecule has 16 fully saturated rings. The average molecular weight is 1130 g/mol. The van der Waals surface area contributed by atoms with E-state index < -0.39 is 0 Å². The lowest BCUT2D eigenvalue weighted by atomic mass is 9.48. The quantitative estimate of drug-likeness (QED) is 0.146. The number of hydrogen-bond donors (Lipinski definition) is 0. The van der Waals surface area contributed by atoms with Crippen LogP contribution in [0.2, 0.25) is 0 Å². The van der Waals surface area contributed by atoms with Gasteiger partial charge in [-0.05, 0) is 415 Å². The van der Waals surface area contributed by atoms with Gasteiger partial charge in [0, 0.05) is 5.41 Å². The van der Waals surface area contributed by atoms with Crippen molar-refractivity contribution in [2.24, 2.45) is 71.0 Å². The molecule has 16 bridgehead atoms. The SMILES string of the molecule is CC1(C)c2cc(-c3cc4cc(C56CC7CC(CC(C7)C5)C6)cc5ccc6cc(C78CC9CC(CC(C9)C7)C8)cc3c6c54)ccc2-c2ccc(-c3cc4cc(C56CC7CC(CC(C7)C5)C6)cc5ccc6cc(C78CC9CC(CC(C9)C7)C8)cc3c6c54)cc21. The van der Waals surface area contributed by atoms with E-state index in [-0.39, 0.29) is 5.41 Å². The lowest BCUT2D eigenvalue weighted by molar-refractivity contribution is -0.00521. The third-order valence-electron chi connectivity index (χ3n) is 30.2. The van der Waals surface area contributed by atoms with E-state index in [2.05, 4.69) is 135 Å². The Morgan fingerprint density at radius 3 is 0.782 bits per heavy atom. The molecule has 17 aliphatic carbocycles. The first-order valence-corrected chi connectivity index (χ1v) is 36.3. The Hall–Kier alpha value is -5.72. The average Bonchev–Trinajstić information content (AvgIpc) is 1.12. The van der Waals surface area contributed by atoms with E-state index in [4.69, 9.17) is 0 Å². The molecule has 0 N–H and O–H groups in total. The van der Waals surface area contributed by atoms with Gasteiger partial charge >= 0.3 is 0 Å². The third kappa shape index (κ3) is 6.54. The zero-order chi connectivity index (χ0) is 56.4. The van der Waals surface area contributed by atoms with Crippen LogP contribution in [0.4, 0.5) is 0 Å². The molecule has 0 unspecified atom stereocenters. The molecular weight excluding hydrogens is 1040 g/mol. The zero-order valence-corrected chi connectivity index (χ0v) is 51.9. The van der Waals surface area contributed by atoms with Crippen molar-refractivity contribution in [3.05, 3.63) is 155 Å². The molecule has 16 saturated carbocycles. The van der Waals surface area contributed by atoms with Crippen molar-refractivity contribution in [3.8, 4) is 33.4 Å². The Labute approximate surface area is 515 Å². The summed E-state index contributed by atoms with van der Waals surface area (Å²) in [5.74, 6) is 11.1. The Bertz CT molecular complexity index is 4260. The van der Waals surface area contributed by atoms with Gasteiger partial charge in [-0.25, -0.2) is 0 Å². The van der Waals surface area contributed by atoms with Crippen LogP contribution in [0.3, 0.4) is 0 Å². The van der Waals surface area contributed by atoms with Gasteiger partial charge in [-0.1, -0.05) is 98.8 Å². The number of fused-ring (bicyclic) bond motifs is 3. The molecule has 434 valence electrons. The van der Waals surface area contributed by atoms with Gasteiger partial charge in [-0.2, -0.15) is 0 Å². The Kier molecular flexibility index (Phi) is 9.17. The van der Waals surface area contributed by atoms with Gasteiger partial charge in [0.2, 0.25) is 0 Å². The van der Waals surface area contributed by atoms with Gasteiger partial charge in [0.25, 0.3) is 0 Å². The minimum Gasteiger partial charge on any atom is -0.0537 e. The van der Waals surface area contributed by atoms with Crippen LogP contribution in [0.15, 0.2) is 121 Å². The number of benzene rings is 10. The summed E-state index contributed by atoms with van der Waals surface area (Å²) in [6.45, 7) is 5.16. The van der Waals surface area contributed by atoms with E-state index in [1.807, 2.05) is 0 Å². The molecule has 0 nitrogen and oxygen atoms in total. The standard InChI is InChI=1S/C87H86/c1-83(2)77-31-59(73-29-65-27-67(84-35-47-11-48(36-84)13-49(12-47)37-84)23-61-3-5-63-25-69(33-75(73)81(63)79(61)65)86-41-53-17-54(42-86)19-55(18-53)43-86)7-9-71(77)72-10-8-60(32-78(72)83)74-30-66-28-68(85-38-50-14-51(39-85)16-52(15-50)40-85)24-62-4-6-64-26-70(34-76(74)82(64)80(62)66)87-44-56-20-57(45-87)22-58(21-56)46-87/h3-10,23-34,47-58H,11-22,35-46H2,1-2H3. The molecule has 0 radical (unpaired) electrons. The van der Waals surface area contributed by atoms with Crippen LogP contribution in [-0.2, 0) is 27.1 Å². The van der Waals surface area contributed by atoms with Crippen molar-refractivity contribution < 1.29 is 0 Å². The van der Waals surface area contributed by atoms with Crippen molar-refractivity contribution >= 4 is 64.6 Å². The number of rotatable bonds is 6. The molecule has 0 amide bonds. The van der Waals surface area contributed by atoms with E-state index in [9.17, 15) is 0 Å². The maximum atomic E-state index is 2.80. The molecular formula is C87H86. The van der Waals surface area contributed by atoms with Crippen molar-refractivity contribution in [2.75, 3.05) is 0 Å². The maximum absolute atomic E-state index is 2.80. The highest BCUT2D eigenvalue weighted by Crippen LogP contribution is 2.67. The fourth-order valence-electron chi connectivity index (χ4n) is 28.5. The van der Waals surface area contributed by atoms with Gasteiger partial charge in [0.05, 0.1) is 0 Å². The highest BCUT2D eigenvalue weighted by molar-refractivity contribution is 6.28. The minimum absolute atomic E-state index is 0.166. The molecule has 27 rings (SSSR count). The second-order valence-electron chi connectivity index (χ2n) is 35.8. The summed E-state index contributed by atoms with van der Waals surface area (Å²) < 4.78 is 0. The Balaban J connectivity index is 0.695. The second-order valence-corrected chi connectivity index (χ2v) is 35.8. The smallest absolute Gasteiger partial charge is 0.0159 e. The van der Waals surface area contributed by atoms with Crippen LogP contribution in [-0.4, -0.2) is 0 Å². The fraction of sp³-hybridized carbons (Fsp3) is 0.494. The highest BCUT2D eigenvalue weighted by Gasteiger charge is 2.56. The molecule has 0 heterocycles. The summed E-state index contributed by atoms with van der Waals surface area (Å²) in [4.78, 5) is 0. The van der Waals surface area contributed by atoms with Gasteiger partial charge in [0.1, 0.15) is 0 Å². The van der Waals surface area contributed by atoms with E-state index in [0.717, 1.165) is 71.0 Å². The van der Waals surface area contributed by atoms with Gasteiger partial charge in [-0.15, -0.1) is 0 Å². The molecule has 0 aliphatic heterocycles. The Morgan fingerprint density at radius 1 is 0.241 bits per heavy atom. The normalized spacial score (nSPS) is 38.3. The lowest BCUT2D eigenvalue weighted by Crippen LogP contribution is -2.48. The van der Waals surface area contributed by atoms with Crippen molar-refractivity contribution in [2.45, 2.75) is 195 Å². The second kappa shape index (κ2) is 16.2. The molecule has 87 heavy (non-hydrogen) atoms. The summed E-state index contributed by atoms with van der Waals surface area (Å²) in [6.07, 6.45) is 34.8. The van der Waals surface area contributed by atoms with Crippen LogP contribution < -0.4 is 0 Å². The first-order valence-electron chi connectivity index (χ1n) is 36.3. The van der Waals surface area contributed by atoms with Crippen LogP contribution in [0, 0.1) is 71.0 Å². The molecule has 0 aromatic heterocycles. The van der Waals surface area contributed by atoms with E-state index in [0.29, 0.717) is 21.7 Å². The molecule has 0 atom stereocenters. The first kappa shape index (κ1) is 49.1. The van der Waals surface area contributed by atoms with Crippen LogP contribution in [0.25, 0.3) is 98.0 Å². The predicted molar refractivity (Wildman–Crippen MR) is 362 cm³/mol. The monoisotopic (exact) mass is 1130 g/mol. The van der Waals surface area contributed by atoms with Crippen molar-refractivity contribution in [3.63, 3.8) is 0 Å². The molecule has 10 aromatic carbocycles. The topological polar surface area (TPSA) is 0 Å². The number of hydrogen-bond acceptors (Lipinski definition) is 0. The van der Waals surface area contributed by atoms with Gasteiger partial charge < -0.3 is 0 Å². The van der Waals surface area contributed by atoms with Crippen LogP contribution in [0.5, 0.6) is 0 Å². The molecule has 0 heteroatoms. The van der Waals surface area contributed by atoms with E-state index >= 15 is 0 Å². The highest BCUT2D eigenvalue weighted by atomic mass is 14.6. The first-order chi connectivity index (χ1) is 42.4. The van der Waals surface area contributed by atoms with E-state index in [1.54, 1.807) is 22.3 Å². The maximum Gasteiger partial charge on any atom is 0.0159 e. The summed E-state index contributed by atoms with van der Waals surface area (Å²) in [5.41, 5.74) is 19.6. The van der Waals surface area contributed by atoms with Crippen LogP contribution >= 0.6 is 0 Å². The third-order valence-corrected chi connectivity index (χ3v) is 30.2. The summed E-state index contributed by atoms with van der Waals surface area (Å²) >= 11 is 0. The fourth-order valence-corrected chi connectivity index (χ4v) is 28.5. The van der Waals surface area contributed by atoms with Gasteiger partial charge in [-0.3, -0.25) is 0 Å². The lowest BCUT2D eigenvalue weighted by Gasteiger charge is -2.57. The summed E-state index contributed by atoms with van der Waals surface area (Å²) in [7, 11) is 0. The molecule has 0 saturated heterocycles. The molecule has 17 aliphatic rings.